The summed E-state index contributed by atoms with van der Waals surface area (Å²) in [6.07, 6.45) is 2.24. The third-order valence-corrected chi connectivity index (χ3v) is 3.21. The summed E-state index contributed by atoms with van der Waals surface area (Å²) >= 11 is 5.73. The third kappa shape index (κ3) is 2.27. The van der Waals surface area contributed by atoms with Crippen molar-refractivity contribution < 1.29 is 4.92 Å². The molecule has 2 rings (SSSR count). The van der Waals surface area contributed by atoms with E-state index < -0.39 is 4.92 Å². The quantitative estimate of drug-likeness (QED) is 0.650. The maximum Gasteiger partial charge on any atom is 0.289 e. The van der Waals surface area contributed by atoms with Gasteiger partial charge in [-0.2, -0.15) is 0 Å². The van der Waals surface area contributed by atoms with Crippen LogP contribution in [-0.2, 0) is 0 Å². The van der Waals surface area contributed by atoms with Crippen LogP contribution in [0.3, 0.4) is 0 Å². The number of nitro groups is 1. The molecule has 1 aliphatic carbocycles. The Balaban J connectivity index is 2.10. The monoisotopic (exact) mass is 240 g/mol. The van der Waals surface area contributed by atoms with Crippen LogP contribution in [0.15, 0.2) is 18.2 Å². The highest BCUT2D eigenvalue weighted by atomic mass is 35.5. The number of anilines is 1. The van der Waals surface area contributed by atoms with E-state index in [-0.39, 0.29) is 10.7 Å². The Morgan fingerprint density at radius 3 is 2.75 bits per heavy atom. The average molecular weight is 241 g/mol. The molecule has 1 aliphatic rings. The van der Waals surface area contributed by atoms with Crippen LogP contribution in [0.5, 0.6) is 0 Å². The number of hydrogen-bond acceptors (Lipinski definition) is 3. The fourth-order valence-electron chi connectivity index (χ4n) is 2.00. The van der Waals surface area contributed by atoms with Crippen LogP contribution in [0.25, 0.3) is 0 Å². The van der Waals surface area contributed by atoms with Crippen molar-refractivity contribution in [2.75, 3.05) is 5.32 Å². The molecule has 0 atom stereocenters. The number of nitrogens with one attached hydrogen (secondary N) is 1. The lowest BCUT2D eigenvalue weighted by Gasteiger charge is -2.34. The molecule has 5 heteroatoms. The minimum atomic E-state index is -0.461. The maximum absolute atomic E-state index is 10.7. The van der Waals surface area contributed by atoms with Crippen molar-refractivity contribution in [2.45, 2.75) is 25.8 Å². The van der Waals surface area contributed by atoms with Gasteiger partial charge in [0.15, 0.2) is 0 Å². The van der Waals surface area contributed by atoms with E-state index in [4.69, 9.17) is 11.6 Å². The molecule has 0 aliphatic heterocycles. The van der Waals surface area contributed by atoms with Crippen LogP contribution in [0.2, 0.25) is 5.02 Å². The van der Waals surface area contributed by atoms with Crippen molar-refractivity contribution in [3.05, 3.63) is 33.3 Å². The van der Waals surface area contributed by atoms with E-state index in [9.17, 15) is 10.1 Å². The van der Waals surface area contributed by atoms with Crippen molar-refractivity contribution in [1.82, 2.24) is 0 Å². The van der Waals surface area contributed by atoms with Gasteiger partial charge in [-0.05, 0) is 30.9 Å². The van der Waals surface area contributed by atoms with Crippen molar-refractivity contribution in [2.24, 2.45) is 5.92 Å². The number of nitro benzene ring substituents is 1. The fourth-order valence-corrected chi connectivity index (χ4v) is 2.18. The van der Waals surface area contributed by atoms with Crippen LogP contribution >= 0.6 is 11.6 Å². The summed E-state index contributed by atoms with van der Waals surface area (Å²) in [6, 6.07) is 5.27. The molecule has 0 aromatic heterocycles. The van der Waals surface area contributed by atoms with Crippen LogP contribution in [0, 0.1) is 16.0 Å². The summed E-state index contributed by atoms with van der Waals surface area (Å²) in [4.78, 5) is 10.2. The molecule has 0 amide bonds. The van der Waals surface area contributed by atoms with E-state index >= 15 is 0 Å². The van der Waals surface area contributed by atoms with E-state index in [1.54, 1.807) is 12.1 Å². The lowest BCUT2D eigenvalue weighted by Crippen LogP contribution is -2.33. The first-order valence-electron chi connectivity index (χ1n) is 5.26. The molecule has 0 spiro atoms. The highest BCUT2D eigenvalue weighted by Gasteiger charge is 2.25. The van der Waals surface area contributed by atoms with Crippen LogP contribution in [0.1, 0.15) is 19.8 Å². The van der Waals surface area contributed by atoms with Crippen LogP contribution in [-0.4, -0.2) is 11.0 Å². The standard InChI is InChI=1S/C11H13ClN2O2/c1-7-4-9(5-7)13-8-2-3-10(12)11(6-8)14(15)16/h2-3,6-7,9,13H,4-5H2,1H3. The first-order chi connectivity index (χ1) is 7.56. The summed E-state index contributed by atoms with van der Waals surface area (Å²) in [5.41, 5.74) is 0.729. The minimum Gasteiger partial charge on any atom is -0.382 e. The predicted octanol–water partition coefficient (Wildman–Crippen LogP) is 3.46. The fraction of sp³-hybridized carbons (Fsp3) is 0.455. The van der Waals surface area contributed by atoms with Crippen molar-refractivity contribution in [3.8, 4) is 0 Å². The molecule has 1 N–H and O–H groups in total. The SMILES string of the molecule is CC1CC(Nc2ccc(Cl)c([N+](=O)[O-])c2)C1. The molecule has 0 saturated heterocycles. The molecule has 1 aromatic carbocycles. The first-order valence-corrected chi connectivity index (χ1v) is 5.64. The Morgan fingerprint density at radius 1 is 1.50 bits per heavy atom. The van der Waals surface area contributed by atoms with Crippen molar-refractivity contribution in [1.29, 1.82) is 0 Å². The molecule has 1 aromatic rings. The zero-order valence-electron chi connectivity index (χ0n) is 8.94. The van der Waals surface area contributed by atoms with E-state index in [0.29, 0.717) is 6.04 Å². The smallest absolute Gasteiger partial charge is 0.289 e. The Bertz CT molecular complexity index is 416. The van der Waals surface area contributed by atoms with Crippen molar-refractivity contribution >= 4 is 23.0 Å². The minimum absolute atomic E-state index is 0.0426. The molecule has 0 bridgehead atoms. The Kier molecular flexibility index (Phi) is 3.01. The highest BCUT2D eigenvalue weighted by Crippen LogP contribution is 2.32. The lowest BCUT2D eigenvalue weighted by molar-refractivity contribution is -0.384. The van der Waals surface area contributed by atoms with Gasteiger partial charge >= 0.3 is 0 Å². The van der Waals surface area contributed by atoms with Gasteiger partial charge in [0.05, 0.1) is 4.92 Å². The zero-order valence-corrected chi connectivity index (χ0v) is 9.70. The molecule has 0 unspecified atom stereocenters. The summed E-state index contributed by atoms with van der Waals surface area (Å²) in [7, 11) is 0. The highest BCUT2D eigenvalue weighted by molar-refractivity contribution is 6.32. The maximum atomic E-state index is 10.7. The number of benzene rings is 1. The molecular formula is C11H13ClN2O2. The van der Waals surface area contributed by atoms with E-state index in [2.05, 4.69) is 12.2 Å². The van der Waals surface area contributed by atoms with Gasteiger partial charge in [-0.15, -0.1) is 0 Å². The Hall–Kier alpha value is -1.29. The molecule has 1 fully saturated rings. The number of hydrogen-bond donors (Lipinski definition) is 1. The second-order valence-corrected chi connectivity index (χ2v) is 4.75. The molecule has 4 nitrogen and oxygen atoms in total. The second kappa shape index (κ2) is 4.29. The normalized spacial score (nSPS) is 23.6. The second-order valence-electron chi connectivity index (χ2n) is 4.34. The molecule has 0 heterocycles. The summed E-state index contributed by atoms with van der Waals surface area (Å²) in [5, 5.41) is 14.1. The molecule has 16 heavy (non-hydrogen) atoms. The molecule has 0 radical (unpaired) electrons. The van der Waals surface area contributed by atoms with Gasteiger partial charge < -0.3 is 5.32 Å². The molecular weight excluding hydrogens is 228 g/mol. The molecule has 86 valence electrons. The van der Waals surface area contributed by atoms with Gasteiger partial charge in [0, 0.05) is 17.8 Å². The Labute approximate surface area is 98.8 Å². The van der Waals surface area contributed by atoms with Crippen molar-refractivity contribution in [3.63, 3.8) is 0 Å². The largest absolute Gasteiger partial charge is 0.382 e. The van der Waals surface area contributed by atoms with E-state index in [1.807, 2.05) is 0 Å². The number of nitrogens with zero attached hydrogens (tertiary/aromatic N) is 1. The summed E-state index contributed by atoms with van der Waals surface area (Å²) in [6.45, 7) is 2.20. The van der Waals surface area contributed by atoms with E-state index in [0.717, 1.165) is 24.4 Å². The lowest BCUT2D eigenvalue weighted by atomic mass is 9.82. The van der Waals surface area contributed by atoms with E-state index in [1.165, 1.54) is 6.07 Å². The topological polar surface area (TPSA) is 55.2 Å². The van der Waals surface area contributed by atoms with Gasteiger partial charge in [0.25, 0.3) is 5.69 Å². The number of halogens is 1. The van der Waals surface area contributed by atoms with Gasteiger partial charge in [-0.1, -0.05) is 18.5 Å². The summed E-state index contributed by atoms with van der Waals surface area (Å²) < 4.78 is 0. The van der Waals surface area contributed by atoms with Crippen LogP contribution < -0.4 is 5.32 Å². The Morgan fingerprint density at radius 2 is 2.19 bits per heavy atom. The van der Waals surface area contributed by atoms with Gasteiger partial charge in [-0.3, -0.25) is 10.1 Å². The number of rotatable bonds is 3. The van der Waals surface area contributed by atoms with Gasteiger partial charge in [0.1, 0.15) is 5.02 Å². The first kappa shape index (κ1) is 11.2. The zero-order chi connectivity index (χ0) is 11.7. The summed E-state index contributed by atoms with van der Waals surface area (Å²) in [5.74, 6) is 0.750. The average Bonchev–Trinajstić information content (AvgIpc) is 2.18. The predicted molar refractivity (Wildman–Crippen MR) is 63.9 cm³/mol. The third-order valence-electron chi connectivity index (χ3n) is 2.89. The molecule has 1 saturated carbocycles. The van der Waals surface area contributed by atoms with Gasteiger partial charge in [0.2, 0.25) is 0 Å². The van der Waals surface area contributed by atoms with Gasteiger partial charge in [-0.25, -0.2) is 0 Å². The van der Waals surface area contributed by atoms with Crippen LogP contribution in [0.4, 0.5) is 11.4 Å².